The van der Waals surface area contributed by atoms with Gasteiger partial charge in [0.25, 0.3) is 0 Å². The van der Waals surface area contributed by atoms with Crippen LogP contribution >= 0.6 is 0 Å². The van der Waals surface area contributed by atoms with E-state index in [1.807, 2.05) is 26.0 Å². The topological polar surface area (TPSA) is 27.7 Å². The molecule has 4 atom stereocenters. The molecule has 3 nitrogen and oxygen atoms in total. The number of benzene rings is 1. The highest BCUT2D eigenvalue weighted by Crippen LogP contribution is 2.42. The molecule has 0 bridgehead atoms. The SMILES string of the molecule is CC.COc1cc(C)ccc1OC(CC(C)C)OC1CCC2CCCCC2C1. The molecular formula is C25H42O3. The van der Waals surface area contributed by atoms with E-state index in [0.717, 1.165) is 29.8 Å². The molecule has 0 saturated heterocycles. The van der Waals surface area contributed by atoms with Gasteiger partial charge in [-0.15, -0.1) is 0 Å². The van der Waals surface area contributed by atoms with E-state index in [9.17, 15) is 0 Å². The van der Waals surface area contributed by atoms with Crippen LogP contribution in [0.25, 0.3) is 0 Å². The first-order chi connectivity index (χ1) is 13.5. The average Bonchev–Trinajstić information content (AvgIpc) is 2.70. The molecule has 2 saturated carbocycles. The molecule has 0 spiro atoms. The van der Waals surface area contributed by atoms with E-state index in [1.165, 1.54) is 50.5 Å². The number of fused-ring (bicyclic) bond motifs is 1. The fourth-order valence-electron chi connectivity index (χ4n) is 4.70. The zero-order valence-corrected chi connectivity index (χ0v) is 19.0. The Kier molecular flexibility index (Phi) is 9.64. The van der Waals surface area contributed by atoms with Gasteiger partial charge in [-0.2, -0.15) is 0 Å². The van der Waals surface area contributed by atoms with Crippen molar-refractivity contribution in [3.8, 4) is 11.5 Å². The van der Waals surface area contributed by atoms with Crippen LogP contribution in [0, 0.1) is 24.7 Å². The Morgan fingerprint density at radius 3 is 2.36 bits per heavy atom. The van der Waals surface area contributed by atoms with E-state index in [4.69, 9.17) is 14.2 Å². The third-order valence-corrected chi connectivity index (χ3v) is 6.08. The molecule has 1 aromatic rings. The molecule has 0 radical (unpaired) electrons. The maximum Gasteiger partial charge on any atom is 0.200 e. The van der Waals surface area contributed by atoms with Gasteiger partial charge in [-0.1, -0.05) is 59.4 Å². The highest BCUT2D eigenvalue weighted by Gasteiger charge is 2.34. The summed E-state index contributed by atoms with van der Waals surface area (Å²) in [5.74, 6) is 3.93. The van der Waals surface area contributed by atoms with Crippen LogP contribution in [-0.2, 0) is 4.74 Å². The monoisotopic (exact) mass is 390 g/mol. The predicted molar refractivity (Wildman–Crippen MR) is 117 cm³/mol. The maximum absolute atomic E-state index is 6.51. The molecule has 0 heterocycles. The van der Waals surface area contributed by atoms with E-state index in [2.05, 4.69) is 26.8 Å². The first kappa shape index (κ1) is 23.1. The summed E-state index contributed by atoms with van der Waals surface area (Å²) in [6.07, 6.45) is 10.4. The van der Waals surface area contributed by atoms with Gasteiger partial charge in [-0.3, -0.25) is 0 Å². The first-order valence-corrected chi connectivity index (χ1v) is 11.5. The van der Waals surface area contributed by atoms with Crippen LogP contribution < -0.4 is 9.47 Å². The lowest BCUT2D eigenvalue weighted by Crippen LogP contribution is -2.36. The van der Waals surface area contributed by atoms with E-state index in [1.54, 1.807) is 7.11 Å². The van der Waals surface area contributed by atoms with Crippen LogP contribution in [0.3, 0.4) is 0 Å². The quantitative estimate of drug-likeness (QED) is 0.462. The lowest BCUT2D eigenvalue weighted by Gasteiger charge is -2.40. The molecule has 2 fully saturated rings. The van der Waals surface area contributed by atoms with Crippen LogP contribution in [-0.4, -0.2) is 19.5 Å². The van der Waals surface area contributed by atoms with Crippen molar-refractivity contribution in [3.63, 3.8) is 0 Å². The summed E-state index contributed by atoms with van der Waals surface area (Å²) >= 11 is 0. The molecule has 0 amide bonds. The number of hydrogen-bond acceptors (Lipinski definition) is 3. The van der Waals surface area contributed by atoms with Crippen molar-refractivity contribution in [3.05, 3.63) is 23.8 Å². The smallest absolute Gasteiger partial charge is 0.200 e. The highest BCUT2D eigenvalue weighted by molar-refractivity contribution is 5.42. The number of hydrogen-bond donors (Lipinski definition) is 0. The number of aryl methyl sites for hydroxylation is 1. The second-order valence-electron chi connectivity index (χ2n) is 8.71. The highest BCUT2D eigenvalue weighted by atomic mass is 16.7. The molecule has 2 aliphatic rings. The minimum Gasteiger partial charge on any atom is -0.493 e. The van der Waals surface area contributed by atoms with Gasteiger partial charge >= 0.3 is 0 Å². The Hall–Kier alpha value is -1.22. The standard InChI is InChI=1S/C23H36O3.C2H6/c1-16(2)13-23(26-21-12-9-17(3)14-22(21)24-4)25-20-11-10-18-7-5-6-8-19(18)15-20;1-2/h9,12,14,16,18-20,23H,5-8,10-11,13,15H2,1-4H3;1-2H3. The van der Waals surface area contributed by atoms with Gasteiger partial charge in [0.15, 0.2) is 11.5 Å². The summed E-state index contributed by atoms with van der Waals surface area (Å²) in [6.45, 7) is 10.5. The third-order valence-electron chi connectivity index (χ3n) is 6.08. The second kappa shape index (κ2) is 11.7. The zero-order chi connectivity index (χ0) is 20.5. The largest absolute Gasteiger partial charge is 0.493 e. The van der Waals surface area contributed by atoms with Gasteiger partial charge in [0, 0.05) is 6.42 Å². The van der Waals surface area contributed by atoms with Crippen LogP contribution in [0.4, 0.5) is 0 Å². The van der Waals surface area contributed by atoms with E-state index < -0.39 is 0 Å². The Morgan fingerprint density at radius 2 is 1.68 bits per heavy atom. The molecule has 160 valence electrons. The summed E-state index contributed by atoms with van der Waals surface area (Å²) in [7, 11) is 1.70. The Balaban J connectivity index is 0.00000136. The summed E-state index contributed by atoms with van der Waals surface area (Å²) in [5.41, 5.74) is 1.17. The Bertz CT molecular complexity index is 569. The van der Waals surface area contributed by atoms with Gasteiger partial charge in [-0.25, -0.2) is 0 Å². The number of ether oxygens (including phenoxy) is 3. The molecule has 3 rings (SSSR count). The molecule has 2 aliphatic carbocycles. The molecule has 4 unspecified atom stereocenters. The van der Waals surface area contributed by atoms with E-state index >= 15 is 0 Å². The minimum absolute atomic E-state index is 0.197. The van der Waals surface area contributed by atoms with Crippen molar-refractivity contribution in [2.75, 3.05) is 7.11 Å². The van der Waals surface area contributed by atoms with Gasteiger partial charge in [-0.05, 0) is 61.6 Å². The number of rotatable bonds is 7. The van der Waals surface area contributed by atoms with Crippen molar-refractivity contribution >= 4 is 0 Å². The fraction of sp³-hybridized carbons (Fsp3) is 0.760. The van der Waals surface area contributed by atoms with Crippen molar-refractivity contribution < 1.29 is 14.2 Å². The second-order valence-corrected chi connectivity index (χ2v) is 8.71. The van der Waals surface area contributed by atoms with Gasteiger partial charge in [0.05, 0.1) is 13.2 Å². The summed E-state index contributed by atoms with van der Waals surface area (Å²) in [4.78, 5) is 0. The third kappa shape index (κ3) is 6.69. The molecule has 0 aromatic heterocycles. The molecule has 1 aromatic carbocycles. The molecule has 0 N–H and O–H groups in total. The lowest BCUT2D eigenvalue weighted by atomic mass is 9.70. The van der Waals surface area contributed by atoms with Gasteiger partial charge < -0.3 is 14.2 Å². The van der Waals surface area contributed by atoms with Crippen molar-refractivity contribution in [2.24, 2.45) is 17.8 Å². The van der Waals surface area contributed by atoms with Gasteiger partial charge in [0.2, 0.25) is 6.29 Å². The first-order valence-electron chi connectivity index (χ1n) is 11.5. The van der Waals surface area contributed by atoms with Crippen LogP contribution in [0.1, 0.15) is 84.6 Å². The number of methoxy groups -OCH3 is 1. The average molecular weight is 391 g/mol. The van der Waals surface area contributed by atoms with Crippen LogP contribution in [0.5, 0.6) is 11.5 Å². The van der Waals surface area contributed by atoms with Crippen LogP contribution in [0.2, 0.25) is 0 Å². The summed E-state index contributed by atoms with van der Waals surface area (Å²) in [6, 6.07) is 6.09. The Morgan fingerprint density at radius 1 is 0.964 bits per heavy atom. The molecular weight excluding hydrogens is 348 g/mol. The predicted octanol–water partition coefficient (Wildman–Crippen LogP) is 7.16. The van der Waals surface area contributed by atoms with Crippen molar-refractivity contribution in [2.45, 2.75) is 98.4 Å². The zero-order valence-electron chi connectivity index (χ0n) is 19.0. The molecule has 28 heavy (non-hydrogen) atoms. The Labute approximate surface area is 173 Å². The molecule has 0 aliphatic heterocycles. The van der Waals surface area contributed by atoms with Crippen molar-refractivity contribution in [1.82, 2.24) is 0 Å². The minimum atomic E-state index is -0.197. The molecule has 3 heteroatoms. The van der Waals surface area contributed by atoms with E-state index in [-0.39, 0.29) is 6.29 Å². The summed E-state index contributed by atoms with van der Waals surface area (Å²) in [5, 5.41) is 0. The fourth-order valence-corrected chi connectivity index (χ4v) is 4.70. The van der Waals surface area contributed by atoms with E-state index in [0.29, 0.717) is 12.0 Å². The van der Waals surface area contributed by atoms with Gasteiger partial charge in [0.1, 0.15) is 0 Å². The van der Waals surface area contributed by atoms with Crippen molar-refractivity contribution in [1.29, 1.82) is 0 Å². The summed E-state index contributed by atoms with van der Waals surface area (Å²) < 4.78 is 18.3. The normalized spacial score (nSPS) is 25.3. The maximum atomic E-state index is 6.51. The van der Waals surface area contributed by atoms with Crippen LogP contribution in [0.15, 0.2) is 18.2 Å². The lowest BCUT2D eigenvalue weighted by molar-refractivity contribution is -0.147.